The molecule has 0 aromatic carbocycles. The normalized spacial score (nSPS) is 21.5. The number of carbonyl (C=O) groups is 1. The van der Waals surface area contributed by atoms with E-state index in [1.165, 1.54) is 366 Å². The number of amides is 1. The molecule has 1 amide bonds. The van der Waals surface area contributed by atoms with Crippen LogP contribution in [0.25, 0.3) is 0 Å². The molecule has 0 radical (unpaired) electrons. The van der Waals surface area contributed by atoms with Crippen LogP contribution in [0.4, 0.5) is 0 Å². The Morgan fingerprint density at radius 2 is 0.610 bits per heavy atom. The van der Waals surface area contributed by atoms with Crippen molar-refractivity contribution < 1.29 is 64.6 Å². The van der Waals surface area contributed by atoms with Gasteiger partial charge in [0.2, 0.25) is 5.91 Å². The van der Waals surface area contributed by atoms with E-state index in [2.05, 4.69) is 43.5 Å². The molecule has 2 saturated heterocycles. The van der Waals surface area contributed by atoms with Crippen LogP contribution in [-0.4, -0.2) is 140 Å². The van der Waals surface area contributed by atoms with Crippen molar-refractivity contribution in [2.75, 3.05) is 19.8 Å². The van der Waals surface area contributed by atoms with Gasteiger partial charge in [-0.1, -0.05) is 429 Å². The van der Waals surface area contributed by atoms with Gasteiger partial charge in [-0.15, -0.1) is 0 Å². The number of unbranched alkanes of at least 4 members (excludes halogenated alkanes) is 62. The molecule has 12 atom stereocenters. The smallest absolute Gasteiger partial charge is 0.220 e. The fourth-order valence-electron chi connectivity index (χ4n) is 15.4. The van der Waals surface area contributed by atoms with Crippen molar-refractivity contribution in [3.05, 3.63) is 36.5 Å². The zero-order valence-corrected chi connectivity index (χ0v) is 68.5. The molecule has 2 rings (SSSR count). The number of hydrogen-bond donors (Lipinski definition) is 9. The quantitative estimate of drug-likeness (QED) is 0.0204. The lowest BCUT2D eigenvalue weighted by Gasteiger charge is -2.46. The number of rotatable bonds is 79. The van der Waals surface area contributed by atoms with Gasteiger partial charge in [-0.3, -0.25) is 4.79 Å². The monoisotopic (exact) mass is 1490 g/mol. The first-order valence-corrected chi connectivity index (χ1v) is 45.7. The van der Waals surface area contributed by atoms with E-state index in [0.29, 0.717) is 12.8 Å². The molecule has 2 aliphatic heterocycles. The number of aliphatic hydroxyl groups excluding tert-OH is 8. The van der Waals surface area contributed by atoms with E-state index in [1.54, 1.807) is 6.08 Å². The van der Waals surface area contributed by atoms with Crippen molar-refractivity contribution in [2.24, 2.45) is 0 Å². The summed E-state index contributed by atoms with van der Waals surface area (Å²) in [6, 6.07) is -0.939. The molecule has 0 bridgehead atoms. The van der Waals surface area contributed by atoms with Crippen LogP contribution >= 0.6 is 0 Å². The SMILES string of the molecule is CCCCCCCCCCCCCCCCCCCCCCCC/C=C/CC/C=C/CC/C=C/C(O)C(COC1OC(CO)C(OC2OC(CO)C(O)C(O)C2O)C(O)C1O)NC(=O)CCCCCCCCCCCCCCCCCCCCCCCCCCCCCCCCCCCCCCCCC. The first-order valence-electron chi connectivity index (χ1n) is 45.7. The van der Waals surface area contributed by atoms with E-state index in [4.69, 9.17) is 18.9 Å². The van der Waals surface area contributed by atoms with Crippen molar-refractivity contribution in [3.63, 3.8) is 0 Å². The average Bonchev–Trinajstić information content (AvgIpc) is 0.789. The maximum atomic E-state index is 13.4. The van der Waals surface area contributed by atoms with Crippen molar-refractivity contribution in [1.29, 1.82) is 0 Å². The number of ether oxygens (including phenoxy) is 4. The van der Waals surface area contributed by atoms with E-state index in [-0.39, 0.29) is 18.9 Å². The van der Waals surface area contributed by atoms with Gasteiger partial charge in [-0.05, 0) is 44.9 Å². The highest BCUT2D eigenvalue weighted by molar-refractivity contribution is 5.76. The molecule has 2 fully saturated rings. The number of carbonyl (C=O) groups excluding carboxylic acids is 1. The van der Waals surface area contributed by atoms with Crippen molar-refractivity contribution in [2.45, 2.75) is 518 Å². The maximum absolute atomic E-state index is 13.4. The Morgan fingerprint density at radius 3 is 0.933 bits per heavy atom. The Labute approximate surface area is 646 Å². The summed E-state index contributed by atoms with van der Waals surface area (Å²) < 4.78 is 22.9. The lowest BCUT2D eigenvalue weighted by molar-refractivity contribution is -0.359. The third-order valence-electron chi connectivity index (χ3n) is 22.6. The van der Waals surface area contributed by atoms with Gasteiger partial charge in [0.1, 0.15) is 48.8 Å². The van der Waals surface area contributed by atoms with E-state index in [0.717, 1.165) is 44.9 Å². The van der Waals surface area contributed by atoms with Gasteiger partial charge < -0.3 is 65.1 Å². The number of allylic oxidation sites excluding steroid dienone is 5. The second-order valence-electron chi connectivity index (χ2n) is 32.4. The molecule has 105 heavy (non-hydrogen) atoms. The molecule has 0 aromatic heterocycles. The minimum atomic E-state index is -1.79. The summed E-state index contributed by atoms with van der Waals surface area (Å²) in [4.78, 5) is 13.4. The number of hydrogen-bond acceptors (Lipinski definition) is 13. The van der Waals surface area contributed by atoms with Crippen LogP contribution in [-0.2, 0) is 23.7 Å². The van der Waals surface area contributed by atoms with Gasteiger partial charge in [0.25, 0.3) is 0 Å². The van der Waals surface area contributed by atoms with Crippen molar-refractivity contribution in [1.82, 2.24) is 5.32 Å². The van der Waals surface area contributed by atoms with Gasteiger partial charge >= 0.3 is 0 Å². The van der Waals surface area contributed by atoms with Gasteiger partial charge in [-0.25, -0.2) is 0 Å². The highest BCUT2D eigenvalue weighted by Gasteiger charge is 2.51. The van der Waals surface area contributed by atoms with Crippen LogP contribution in [0, 0.1) is 0 Å². The molecule has 0 aliphatic carbocycles. The second-order valence-corrected chi connectivity index (χ2v) is 32.4. The predicted octanol–water partition coefficient (Wildman–Crippen LogP) is 22.3. The first-order chi connectivity index (χ1) is 51.6. The first kappa shape index (κ1) is 99.3. The summed E-state index contributed by atoms with van der Waals surface area (Å²) in [5.41, 5.74) is 0. The van der Waals surface area contributed by atoms with E-state index >= 15 is 0 Å². The molecule has 14 nitrogen and oxygen atoms in total. The Balaban J connectivity index is 1.57. The fraction of sp³-hybridized carbons (Fsp3) is 0.923. The summed E-state index contributed by atoms with van der Waals surface area (Å²) in [5.74, 6) is -0.244. The lowest BCUT2D eigenvalue weighted by atomic mass is 9.97. The summed E-state index contributed by atoms with van der Waals surface area (Å²) in [6.45, 7) is 2.86. The molecule has 14 heteroatoms. The van der Waals surface area contributed by atoms with E-state index in [9.17, 15) is 45.6 Å². The molecule has 0 spiro atoms. The van der Waals surface area contributed by atoms with E-state index in [1.807, 2.05) is 6.08 Å². The topological polar surface area (TPSA) is 228 Å². The minimum Gasteiger partial charge on any atom is -0.394 e. The maximum Gasteiger partial charge on any atom is 0.220 e. The number of aliphatic hydroxyl groups is 8. The zero-order chi connectivity index (χ0) is 75.8. The van der Waals surface area contributed by atoms with Crippen LogP contribution in [0.2, 0.25) is 0 Å². The number of nitrogens with one attached hydrogen (secondary N) is 1. The summed E-state index contributed by atoms with van der Waals surface area (Å²) >= 11 is 0. The van der Waals surface area contributed by atoms with Crippen molar-refractivity contribution in [3.8, 4) is 0 Å². The zero-order valence-electron chi connectivity index (χ0n) is 68.5. The third kappa shape index (κ3) is 57.0. The van der Waals surface area contributed by atoms with Crippen LogP contribution in [0.15, 0.2) is 36.5 Å². The average molecular weight is 1490 g/mol. The summed E-state index contributed by atoms with van der Waals surface area (Å²) in [6.07, 6.45) is 84.3. The largest absolute Gasteiger partial charge is 0.394 e. The van der Waals surface area contributed by atoms with Crippen LogP contribution < -0.4 is 5.32 Å². The molecular formula is C91H173NO13. The standard InChI is InChI=1S/C91H173NO13/c1-3-5-7-9-11-13-15-17-19-21-23-25-27-29-31-33-35-37-38-39-40-41-42-43-45-47-49-51-53-55-57-59-61-63-65-67-69-71-73-75-83(96)92-79(78-102-90-88(101)86(99)89(82(77-94)104-90)105-91-87(100)85(98)84(97)81(76-93)103-91)80(95)74-72-70-68-66-64-62-60-58-56-54-52-50-48-46-44-36-34-32-30-28-26-24-22-20-18-16-14-12-10-8-6-4-2/h56,58,64,66,72,74,79-82,84-91,93-95,97-101H,3-55,57,59-63,65,67-71,73,75-78H2,1-2H3,(H,92,96)/b58-56+,66-64+,74-72+. The highest BCUT2D eigenvalue weighted by atomic mass is 16.7. The molecule has 2 heterocycles. The van der Waals surface area contributed by atoms with Crippen LogP contribution in [0.1, 0.15) is 444 Å². The fourth-order valence-corrected chi connectivity index (χ4v) is 15.4. The summed E-state index contributed by atoms with van der Waals surface area (Å²) in [5, 5.41) is 87.8. The Morgan fingerprint density at radius 1 is 0.333 bits per heavy atom. The van der Waals surface area contributed by atoms with Crippen molar-refractivity contribution >= 4 is 5.91 Å². The van der Waals surface area contributed by atoms with Gasteiger partial charge in [0, 0.05) is 6.42 Å². The molecule has 0 saturated carbocycles. The Hall–Kier alpha value is -1.79. The van der Waals surface area contributed by atoms with Gasteiger partial charge in [0.15, 0.2) is 12.6 Å². The molecule has 620 valence electrons. The molecule has 12 unspecified atom stereocenters. The Kier molecular flexibility index (Phi) is 70.8. The van der Waals surface area contributed by atoms with Gasteiger partial charge in [0.05, 0.1) is 32.0 Å². The predicted molar refractivity (Wildman–Crippen MR) is 438 cm³/mol. The Bertz CT molecular complexity index is 1900. The molecule has 9 N–H and O–H groups in total. The summed E-state index contributed by atoms with van der Waals surface area (Å²) in [7, 11) is 0. The molecule has 0 aromatic rings. The van der Waals surface area contributed by atoms with Gasteiger partial charge in [-0.2, -0.15) is 0 Å². The molecular weight excluding hydrogens is 1310 g/mol. The van der Waals surface area contributed by atoms with Crippen LogP contribution in [0.3, 0.4) is 0 Å². The minimum absolute atomic E-state index is 0.244. The van der Waals surface area contributed by atoms with Crippen LogP contribution in [0.5, 0.6) is 0 Å². The molecule has 2 aliphatic rings. The highest BCUT2D eigenvalue weighted by Crippen LogP contribution is 2.31. The second kappa shape index (κ2) is 74.9. The lowest BCUT2D eigenvalue weighted by Crippen LogP contribution is -2.65. The van der Waals surface area contributed by atoms with E-state index < -0.39 is 86.8 Å². The third-order valence-corrected chi connectivity index (χ3v) is 22.6.